The minimum atomic E-state index is -1.14. The summed E-state index contributed by atoms with van der Waals surface area (Å²) in [6.07, 6.45) is 1.45. The van der Waals surface area contributed by atoms with Crippen LogP contribution >= 0.6 is 0 Å². The van der Waals surface area contributed by atoms with Crippen molar-refractivity contribution in [1.82, 2.24) is 14.5 Å². The Morgan fingerprint density at radius 1 is 1.05 bits per heavy atom. The number of hydrogen-bond acceptors (Lipinski definition) is 6. The molecule has 0 saturated carbocycles. The molecule has 0 aliphatic rings. The van der Waals surface area contributed by atoms with Gasteiger partial charge < -0.3 is 24.6 Å². The third-order valence-electron chi connectivity index (χ3n) is 6.36. The lowest BCUT2D eigenvalue weighted by molar-refractivity contribution is -0.128. The average molecular weight is 500 g/mol. The lowest BCUT2D eigenvalue weighted by Crippen LogP contribution is -2.36. The number of benzene rings is 2. The topological polar surface area (TPSA) is 111 Å². The van der Waals surface area contributed by atoms with Gasteiger partial charge in [-0.3, -0.25) is 4.79 Å². The van der Waals surface area contributed by atoms with Crippen molar-refractivity contribution in [2.75, 3.05) is 32.1 Å². The van der Waals surface area contributed by atoms with E-state index in [0.29, 0.717) is 34.4 Å². The van der Waals surface area contributed by atoms with Crippen molar-refractivity contribution >= 4 is 39.9 Å². The summed E-state index contributed by atoms with van der Waals surface area (Å²) >= 11 is 0. The maximum atomic E-state index is 12.3. The van der Waals surface area contributed by atoms with Crippen LogP contribution in [0, 0.1) is 0 Å². The smallest absolute Gasteiger partial charge is 0.354 e. The van der Waals surface area contributed by atoms with Gasteiger partial charge in [0.05, 0.1) is 29.0 Å². The standard InChI is InChI=1S/C28H29N5O4/c1-5-31(2)24(34)17-32(3)20-13-11-19(12-14-20)30-26(18-9-7-6-8-10-18)25-21-16-29-22(28(36)37)15-23(21)33(4)27(25)35/h6-16,35H,5,17H2,1-4H3,(H,36,37). The number of aromatic hydroxyl groups is 1. The molecule has 4 aromatic rings. The number of amides is 1. The number of carboxylic acid groups (broad SMARTS) is 1. The molecule has 9 heteroatoms. The van der Waals surface area contributed by atoms with Gasteiger partial charge in [0, 0.05) is 50.5 Å². The van der Waals surface area contributed by atoms with E-state index in [-0.39, 0.29) is 24.0 Å². The number of fused-ring (bicyclic) bond motifs is 1. The Balaban J connectivity index is 1.77. The highest BCUT2D eigenvalue weighted by Gasteiger charge is 2.22. The summed E-state index contributed by atoms with van der Waals surface area (Å²) in [6.45, 7) is 2.85. The molecule has 0 atom stereocenters. The number of rotatable bonds is 8. The molecule has 0 unspecified atom stereocenters. The number of carbonyl (C=O) groups is 2. The predicted octanol–water partition coefficient (Wildman–Crippen LogP) is 4.06. The lowest BCUT2D eigenvalue weighted by Gasteiger charge is -2.22. The fourth-order valence-corrected chi connectivity index (χ4v) is 4.03. The van der Waals surface area contributed by atoms with Crippen LogP contribution in [0.25, 0.3) is 10.9 Å². The summed E-state index contributed by atoms with van der Waals surface area (Å²) in [5, 5.41) is 21.0. The molecule has 0 aliphatic heterocycles. The molecule has 1 amide bonds. The van der Waals surface area contributed by atoms with Crippen molar-refractivity contribution in [3.05, 3.63) is 83.7 Å². The molecule has 0 radical (unpaired) electrons. The Bertz CT molecular complexity index is 1480. The van der Waals surface area contributed by atoms with Gasteiger partial charge >= 0.3 is 5.97 Å². The van der Waals surface area contributed by atoms with Crippen LogP contribution in [-0.4, -0.2) is 69.4 Å². The first-order valence-electron chi connectivity index (χ1n) is 11.8. The van der Waals surface area contributed by atoms with Gasteiger partial charge in [-0.25, -0.2) is 14.8 Å². The monoisotopic (exact) mass is 499 g/mol. The summed E-state index contributed by atoms with van der Waals surface area (Å²) in [4.78, 5) is 36.2. The molecule has 2 heterocycles. The van der Waals surface area contributed by atoms with Crippen LogP contribution in [0.1, 0.15) is 28.5 Å². The van der Waals surface area contributed by atoms with Crippen LogP contribution < -0.4 is 4.90 Å². The second-order valence-electron chi connectivity index (χ2n) is 8.76. The summed E-state index contributed by atoms with van der Waals surface area (Å²) in [5.41, 5.74) is 3.71. The molecule has 2 aromatic heterocycles. The highest BCUT2D eigenvalue weighted by Crippen LogP contribution is 2.34. The Morgan fingerprint density at radius 3 is 2.35 bits per heavy atom. The van der Waals surface area contributed by atoms with Crippen LogP contribution in [0.15, 0.2) is 71.9 Å². The maximum absolute atomic E-state index is 12.3. The first kappa shape index (κ1) is 25.4. The van der Waals surface area contributed by atoms with E-state index in [0.717, 1.165) is 11.3 Å². The molecule has 0 bridgehead atoms. The van der Waals surface area contributed by atoms with Gasteiger partial charge in [0.15, 0.2) is 0 Å². The zero-order valence-corrected chi connectivity index (χ0v) is 21.2. The van der Waals surface area contributed by atoms with Crippen LogP contribution in [0.2, 0.25) is 0 Å². The number of aromatic carboxylic acids is 1. The number of aromatic nitrogens is 2. The molecule has 190 valence electrons. The van der Waals surface area contributed by atoms with Gasteiger partial charge in [0.1, 0.15) is 5.69 Å². The van der Waals surface area contributed by atoms with Crippen molar-refractivity contribution in [2.45, 2.75) is 6.92 Å². The molecule has 2 N–H and O–H groups in total. The van der Waals surface area contributed by atoms with Gasteiger partial charge in [-0.2, -0.15) is 0 Å². The zero-order chi connectivity index (χ0) is 26.7. The average Bonchev–Trinajstić information content (AvgIpc) is 3.16. The molecule has 0 saturated heterocycles. The van der Waals surface area contributed by atoms with Gasteiger partial charge in [0.2, 0.25) is 11.8 Å². The van der Waals surface area contributed by atoms with E-state index < -0.39 is 5.97 Å². The lowest BCUT2D eigenvalue weighted by atomic mass is 10.0. The molecule has 0 aliphatic carbocycles. The van der Waals surface area contributed by atoms with E-state index in [4.69, 9.17) is 4.99 Å². The number of likely N-dealkylation sites (N-methyl/N-ethyl adjacent to an activating group) is 2. The quantitative estimate of drug-likeness (QED) is 0.354. The van der Waals surface area contributed by atoms with E-state index in [9.17, 15) is 19.8 Å². The minimum Gasteiger partial charge on any atom is -0.494 e. The highest BCUT2D eigenvalue weighted by atomic mass is 16.4. The highest BCUT2D eigenvalue weighted by molar-refractivity contribution is 6.22. The van der Waals surface area contributed by atoms with Crippen LogP contribution in [-0.2, 0) is 11.8 Å². The van der Waals surface area contributed by atoms with Crippen LogP contribution in [0.5, 0.6) is 5.88 Å². The van der Waals surface area contributed by atoms with Crippen molar-refractivity contribution in [1.29, 1.82) is 0 Å². The van der Waals surface area contributed by atoms with Crippen molar-refractivity contribution in [3.63, 3.8) is 0 Å². The number of carbonyl (C=O) groups excluding carboxylic acids is 1. The normalized spacial score (nSPS) is 11.5. The summed E-state index contributed by atoms with van der Waals surface area (Å²) in [7, 11) is 5.30. The van der Waals surface area contributed by atoms with Gasteiger partial charge in [-0.1, -0.05) is 30.3 Å². The molecule has 4 rings (SSSR count). The number of pyridine rings is 1. The van der Waals surface area contributed by atoms with Crippen LogP contribution in [0.4, 0.5) is 11.4 Å². The SMILES string of the molecule is CCN(C)C(=O)CN(C)c1ccc(N=C(c2ccccc2)c2c(O)n(C)c3cc(C(=O)O)ncc23)cc1. The number of hydrogen-bond donors (Lipinski definition) is 2. The molecule has 2 aromatic carbocycles. The fraction of sp³-hybridized carbons (Fsp3) is 0.214. The van der Waals surface area contributed by atoms with Gasteiger partial charge in [0.25, 0.3) is 0 Å². The first-order chi connectivity index (χ1) is 17.7. The molecular weight excluding hydrogens is 470 g/mol. The van der Waals surface area contributed by atoms with Gasteiger partial charge in [-0.05, 0) is 37.3 Å². The van der Waals surface area contributed by atoms with E-state index in [2.05, 4.69) is 4.98 Å². The van der Waals surface area contributed by atoms with E-state index in [1.807, 2.05) is 73.5 Å². The second kappa shape index (κ2) is 10.5. The van der Waals surface area contributed by atoms with E-state index in [1.165, 1.54) is 16.8 Å². The molecule has 9 nitrogen and oxygen atoms in total. The Labute approximate surface area is 214 Å². The van der Waals surface area contributed by atoms with Crippen molar-refractivity contribution in [3.8, 4) is 5.88 Å². The number of nitrogens with zero attached hydrogens (tertiary/aromatic N) is 5. The fourth-order valence-electron chi connectivity index (χ4n) is 4.03. The molecular formula is C28H29N5O4. The zero-order valence-electron chi connectivity index (χ0n) is 21.2. The third kappa shape index (κ3) is 5.16. The Hall–Kier alpha value is -4.66. The Morgan fingerprint density at radius 2 is 1.73 bits per heavy atom. The summed E-state index contributed by atoms with van der Waals surface area (Å²) in [5.74, 6) is -1.16. The predicted molar refractivity (Wildman–Crippen MR) is 144 cm³/mol. The third-order valence-corrected chi connectivity index (χ3v) is 6.36. The van der Waals surface area contributed by atoms with E-state index >= 15 is 0 Å². The van der Waals surface area contributed by atoms with Crippen molar-refractivity contribution < 1.29 is 19.8 Å². The Kier molecular flexibility index (Phi) is 7.24. The number of carboxylic acids is 1. The number of anilines is 1. The second-order valence-corrected chi connectivity index (χ2v) is 8.76. The van der Waals surface area contributed by atoms with Crippen molar-refractivity contribution in [2.24, 2.45) is 12.0 Å². The molecule has 37 heavy (non-hydrogen) atoms. The maximum Gasteiger partial charge on any atom is 0.354 e. The first-order valence-corrected chi connectivity index (χ1v) is 11.8. The number of aliphatic imine (C=N–C) groups is 1. The number of aryl methyl sites for hydroxylation is 1. The van der Waals surface area contributed by atoms with Crippen LogP contribution in [0.3, 0.4) is 0 Å². The largest absolute Gasteiger partial charge is 0.494 e. The molecule has 0 fully saturated rings. The molecule has 0 spiro atoms. The minimum absolute atomic E-state index is 0.0320. The van der Waals surface area contributed by atoms with E-state index in [1.54, 1.807) is 19.0 Å². The summed E-state index contributed by atoms with van der Waals surface area (Å²) < 4.78 is 1.53. The summed E-state index contributed by atoms with van der Waals surface area (Å²) in [6, 6.07) is 18.4. The van der Waals surface area contributed by atoms with Gasteiger partial charge in [-0.15, -0.1) is 0 Å².